The summed E-state index contributed by atoms with van der Waals surface area (Å²) in [7, 11) is 0. The maximum Gasteiger partial charge on any atom is 0.417 e. The van der Waals surface area contributed by atoms with E-state index in [2.05, 4.69) is 15.2 Å². The first-order chi connectivity index (χ1) is 12.1. The predicted molar refractivity (Wildman–Crippen MR) is 97.6 cm³/mol. The second-order valence-corrected chi connectivity index (χ2v) is 5.75. The van der Waals surface area contributed by atoms with E-state index in [-0.39, 0.29) is 11.9 Å². The van der Waals surface area contributed by atoms with Crippen LogP contribution in [0.3, 0.4) is 0 Å². The number of H-pyrrole nitrogens is 1. The van der Waals surface area contributed by atoms with E-state index in [9.17, 15) is 9.59 Å². The fourth-order valence-electron chi connectivity index (χ4n) is 2.99. The van der Waals surface area contributed by atoms with Gasteiger partial charge in [-0.05, 0) is 36.9 Å². The van der Waals surface area contributed by atoms with Crippen molar-refractivity contribution < 1.29 is 9.21 Å². The highest BCUT2D eigenvalue weighted by molar-refractivity contribution is 5.96. The van der Waals surface area contributed by atoms with Crippen molar-refractivity contribution in [3.8, 4) is 0 Å². The number of nitrogens with zero attached hydrogens (tertiary/aromatic N) is 1. The number of carbonyl (C=O) groups is 1. The molecule has 0 aliphatic heterocycles. The van der Waals surface area contributed by atoms with E-state index in [4.69, 9.17) is 4.42 Å². The number of aromatic nitrogens is 1. The number of nitrogens with one attached hydrogen (secondary N) is 2. The van der Waals surface area contributed by atoms with Crippen LogP contribution in [-0.4, -0.2) is 28.9 Å². The number of benzene rings is 2. The minimum Gasteiger partial charge on any atom is -0.408 e. The molecule has 25 heavy (non-hydrogen) atoms. The molecule has 6 heteroatoms. The fourth-order valence-corrected chi connectivity index (χ4v) is 2.99. The third-order valence-electron chi connectivity index (χ3n) is 4.23. The first-order valence-corrected chi connectivity index (χ1v) is 8.35. The third kappa shape index (κ3) is 3.64. The molecule has 2 N–H and O–H groups in total. The summed E-state index contributed by atoms with van der Waals surface area (Å²) in [5.74, 6) is -0.621. The van der Waals surface area contributed by atoms with Gasteiger partial charge in [0.1, 0.15) is 6.04 Å². The van der Waals surface area contributed by atoms with Gasteiger partial charge < -0.3 is 9.73 Å². The van der Waals surface area contributed by atoms with Crippen LogP contribution < -0.4 is 11.1 Å². The van der Waals surface area contributed by atoms with Crippen LogP contribution in [0.5, 0.6) is 0 Å². The number of aromatic amines is 1. The molecule has 0 aliphatic carbocycles. The second-order valence-electron chi connectivity index (χ2n) is 5.75. The number of amides is 1. The number of anilines is 1. The number of fused-ring (bicyclic) bond motifs is 1. The summed E-state index contributed by atoms with van der Waals surface area (Å²) in [4.78, 5) is 28.9. The monoisotopic (exact) mass is 339 g/mol. The minimum absolute atomic E-state index is 0.111. The van der Waals surface area contributed by atoms with Gasteiger partial charge >= 0.3 is 5.76 Å². The van der Waals surface area contributed by atoms with Crippen molar-refractivity contribution in [1.82, 2.24) is 9.88 Å². The third-order valence-corrected chi connectivity index (χ3v) is 4.23. The molecule has 130 valence electrons. The average Bonchev–Trinajstić information content (AvgIpc) is 2.99. The Morgan fingerprint density at radius 3 is 2.56 bits per heavy atom. The molecule has 1 atom stereocenters. The van der Waals surface area contributed by atoms with Gasteiger partial charge in [-0.2, -0.15) is 0 Å². The largest absolute Gasteiger partial charge is 0.417 e. The summed E-state index contributed by atoms with van der Waals surface area (Å²) < 4.78 is 4.99. The van der Waals surface area contributed by atoms with Crippen molar-refractivity contribution in [3.63, 3.8) is 0 Å². The molecule has 0 spiro atoms. The molecule has 0 unspecified atom stereocenters. The molecule has 1 heterocycles. The van der Waals surface area contributed by atoms with Crippen molar-refractivity contribution in [2.45, 2.75) is 19.9 Å². The lowest BCUT2D eigenvalue weighted by Crippen LogP contribution is -2.37. The molecule has 0 saturated heterocycles. The Kier molecular flexibility index (Phi) is 5.00. The van der Waals surface area contributed by atoms with Crippen LogP contribution in [0.15, 0.2) is 57.7 Å². The number of carbonyl (C=O) groups excluding carboxylic acids is 1. The molecule has 0 fully saturated rings. The zero-order chi connectivity index (χ0) is 17.8. The topological polar surface area (TPSA) is 78.3 Å². The fraction of sp³-hybridized carbons (Fsp3) is 0.263. The van der Waals surface area contributed by atoms with E-state index in [1.165, 1.54) is 0 Å². The van der Waals surface area contributed by atoms with Crippen LogP contribution >= 0.6 is 0 Å². The Balaban J connectivity index is 1.89. The normalized spacial score (nSPS) is 12.4. The highest BCUT2D eigenvalue weighted by atomic mass is 16.4. The molecular formula is C19H21N3O3. The number of hydrogen-bond donors (Lipinski definition) is 2. The lowest BCUT2D eigenvalue weighted by molar-refractivity contribution is -0.121. The van der Waals surface area contributed by atoms with Crippen molar-refractivity contribution in [1.29, 1.82) is 0 Å². The van der Waals surface area contributed by atoms with E-state index in [0.29, 0.717) is 16.8 Å². The summed E-state index contributed by atoms with van der Waals surface area (Å²) in [6.07, 6.45) is 0. The molecule has 0 aliphatic rings. The summed E-state index contributed by atoms with van der Waals surface area (Å²) in [6.45, 7) is 5.60. The Morgan fingerprint density at radius 1 is 1.16 bits per heavy atom. The van der Waals surface area contributed by atoms with Gasteiger partial charge in [0.05, 0.1) is 5.52 Å². The van der Waals surface area contributed by atoms with Crippen molar-refractivity contribution >= 4 is 22.7 Å². The van der Waals surface area contributed by atoms with E-state index in [0.717, 1.165) is 18.7 Å². The van der Waals surface area contributed by atoms with Gasteiger partial charge in [-0.1, -0.05) is 44.2 Å². The molecule has 6 nitrogen and oxygen atoms in total. The molecule has 0 bridgehead atoms. The van der Waals surface area contributed by atoms with Crippen LogP contribution in [0, 0.1) is 0 Å². The zero-order valence-electron chi connectivity index (χ0n) is 14.3. The summed E-state index contributed by atoms with van der Waals surface area (Å²) in [5, 5.41) is 2.95. The maximum atomic E-state index is 13.0. The quantitative estimate of drug-likeness (QED) is 0.723. The lowest BCUT2D eigenvalue weighted by atomic mass is 10.0. The Hall–Kier alpha value is -2.86. The summed E-state index contributed by atoms with van der Waals surface area (Å²) in [6, 6.07) is 14.4. The van der Waals surface area contributed by atoms with E-state index >= 15 is 0 Å². The second kappa shape index (κ2) is 7.36. The van der Waals surface area contributed by atoms with Crippen LogP contribution in [0.1, 0.15) is 25.5 Å². The smallest absolute Gasteiger partial charge is 0.408 e. The molecule has 2 aromatic carbocycles. The summed E-state index contributed by atoms with van der Waals surface area (Å²) in [5.41, 5.74) is 2.58. The lowest BCUT2D eigenvalue weighted by Gasteiger charge is -2.29. The van der Waals surface area contributed by atoms with Crippen LogP contribution in [0.2, 0.25) is 0 Å². The number of hydrogen-bond acceptors (Lipinski definition) is 4. The van der Waals surface area contributed by atoms with Gasteiger partial charge in [0.2, 0.25) is 5.91 Å². The van der Waals surface area contributed by atoms with Crippen molar-refractivity contribution in [2.75, 3.05) is 18.4 Å². The standard InChI is InChI=1S/C19H21N3O3/c1-3-22(4-2)17(13-8-6-5-7-9-13)18(23)20-14-10-11-16-15(12-14)21-19(24)25-16/h5-12,17H,3-4H2,1-2H3,(H,20,23)(H,21,24)/t17-/m0/s1. The maximum absolute atomic E-state index is 13.0. The van der Waals surface area contributed by atoms with Crippen LogP contribution in [-0.2, 0) is 4.79 Å². The number of rotatable bonds is 6. The SMILES string of the molecule is CCN(CC)[C@H](C(=O)Nc1ccc2oc(=O)[nH]c2c1)c1ccccc1. The Morgan fingerprint density at radius 2 is 1.88 bits per heavy atom. The average molecular weight is 339 g/mol. The highest BCUT2D eigenvalue weighted by Gasteiger charge is 2.25. The van der Waals surface area contributed by atoms with Gasteiger partial charge in [-0.3, -0.25) is 14.7 Å². The van der Waals surface area contributed by atoms with E-state index < -0.39 is 5.76 Å². The first kappa shape index (κ1) is 17.0. The van der Waals surface area contributed by atoms with Gasteiger partial charge in [-0.15, -0.1) is 0 Å². The van der Waals surface area contributed by atoms with Crippen molar-refractivity contribution in [2.24, 2.45) is 0 Å². The zero-order valence-corrected chi connectivity index (χ0v) is 14.3. The molecule has 0 radical (unpaired) electrons. The van der Waals surface area contributed by atoms with Gasteiger partial charge in [0.15, 0.2) is 5.58 Å². The molecule has 1 aromatic heterocycles. The highest BCUT2D eigenvalue weighted by Crippen LogP contribution is 2.23. The Bertz CT molecular complexity index is 910. The molecule has 3 aromatic rings. The first-order valence-electron chi connectivity index (χ1n) is 8.35. The van der Waals surface area contributed by atoms with Gasteiger partial charge in [0.25, 0.3) is 0 Å². The minimum atomic E-state index is -0.510. The summed E-state index contributed by atoms with van der Waals surface area (Å²) >= 11 is 0. The predicted octanol–water partition coefficient (Wildman–Crippen LogP) is 3.14. The Labute approximate surface area is 145 Å². The van der Waals surface area contributed by atoms with E-state index in [1.807, 2.05) is 44.2 Å². The molecular weight excluding hydrogens is 318 g/mol. The van der Waals surface area contributed by atoms with Crippen molar-refractivity contribution in [3.05, 3.63) is 64.6 Å². The number of likely N-dealkylation sites (N-methyl/N-ethyl adjacent to an activating group) is 1. The molecule has 1 amide bonds. The van der Waals surface area contributed by atoms with E-state index in [1.54, 1.807) is 18.2 Å². The molecule has 3 rings (SSSR count). The van der Waals surface area contributed by atoms with Crippen LogP contribution in [0.25, 0.3) is 11.1 Å². The van der Waals surface area contributed by atoms with Crippen LogP contribution in [0.4, 0.5) is 5.69 Å². The number of oxazole rings is 1. The van der Waals surface area contributed by atoms with Gasteiger partial charge in [-0.25, -0.2) is 4.79 Å². The molecule has 0 saturated carbocycles. The van der Waals surface area contributed by atoms with Gasteiger partial charge in [0, 0.05) is 5.69 Å².